The topological polar surface area (TPSA) is 20.2 Å². The van der Waals surface area contributed by atoms with E-state index in [1.165, 1.54) is 0 Å². The number of benzene rings is 2. The summed E-state index contributed by atoms with van der Waals surface area (Å²) < 4.78 is 0. The van der Waals surface area contributed by atoms with Crippen LogP contribution in [0.1, 0.15) is 0 Å². The average Bonchev–Trinajstić information content (AvgIpc) is 2.20. The van der Waals surface area contributed by atoms with E-state index in [4.69, 9.17) is 0 Å². The molecule has 70 valence electrons. The Morgan fingerprint density at radius 2 is 1.29 bits per heavy atom. The summed E-state index contributed by atoms with van der Waals surface area (Å²) in [5.41, 5.74) is 1.92. The van der Waals surface area contributed by atoms with Gasteiger partial charge in [-0.15, -0.1) is 0 Å². The van der Waals surface area contributed by atoms with Crippen molar-refractivity contribution < 1.29 is 5.11 Å². The zero-order chi connectivity index (χ0) is 9.10. The van der Waals surface area contributed by atoms with E-state index in [1.807, 2.05) is 48.5 Å². The molecule has 2 rings (SSSR count). The first-order valence-corrected chi connectivity index (χ1v) is 4.21. The van der Waals surface area contributed by atoms with Crippen molar-refractivity contribution in [3.05, 3.63) is 54.6 Å². The Morgan fingerprint density at radius 1 is 0.714 bits per heavy atom. The van der Waals surface area contributed by atoms with E-state index >= 15 is 0 Å². The monoisotopic (exact) mass is 380 g/mol. The standard InChI is InChI=1S/C12H10O.Pb.2H/c13-12-9-5-4-8-11(12)10-6-2-1-3-7-10;;;/h1-9,13H;;;. The number of hydrogen-bond acceptors (Lipinski definition) is 1. The van der Waals surface area contributed by atoms with Gasteiger partial charge in [0.15, 0.2) is 0 Å². The van der Waals surface area contributed by atoms with Gasteiger partial charge in [0.05, 0.1) is 0 Å². The van der Waals surface area contributed by atoms with Crippen LogP contribution in [0.15, 0.2) is 54.6 Å². The second-order valence-electron chi connectivity index (χ2n) is 2.88. The molecule has 2 aromatic rings. The Bertz CT molecular complexity index is 398. The molecular formula is C12H12OPb. The first-order chi connectivity index (χ1) is 6.38. The number of aromatic hydroxyl groups is 1. The SMILES string of the molecule is Oc1ccccc1-c1ccccc1.[PbH2]. The number of phenols is 1. The Morgan fingerprint density at radius 3 is 1.93 bits per heavy atom. The molecule has 0 bridgehead atoms. The van der Waals surface area contributed by atoms with Gasteiger partial charge in [-0.2, -0.15) is 0 Å². The quantitative estimate of drug-likeness (QED) is 0.753. The van der Waals surface area contributed by atoms with Gasteiger partial charge in [0.25, 0.3) is 0 Å². The fourth-order valence-electron chi connectivity index (χ4n) is 1.34. The molecule has 2 heteroatoms. The Kier molecular flexibility index (Phi) is 4.13. The first kappa shape index (κ1) is 11.2. The molecule has 0 saturated carbocycles. The van der Waals surface area contributed by atoms with Crippen molar-refractivity contribution in [1.29, 1.82) is 0 Å². The summed E-state index contributed by atoms with van der Waals surface area (Å²) in [6, 6.07) is 17.2. The van der Waals surface area contributed by atoms with Crippen LogP contribution in [0, 0.1) is 0 Å². The zero-order valence-corrected chi connectivity index (χ0v) is 13.3. The Labute approximate surface area is 104 Å². The van der Waals surface area contributed by atoms with Crippen molar-refractivity contribution >= 4 is 27.3 Å². The molecule has 0 unspecified atom stereocenters. The van der Waals surface area contributed by atoms with Crippen LogP contribution in [0.5, 0.6) is 5.75 Å². The van der Waals surface area contributed by atoms with Gasteiger partial charge in [-0.25, -0.2) is 0 Å². The molecule has 0 amide bonds. The van der Waals surface area contributed by atoms with E-state index in [9.17, 15) is 5.11 Å². The summed E-state index contributed by atoms with van der Waals surface area (Å²) in [5, 5.41) is 9.56. The molecule has 0 aliphatic rings. The number of para-hydroxylation sites is 1. The number of rotatable bonds is 1. The Balaban J connectivity index is 0.000000980. The van der Waals surface area contributed by atoms with E-state index in [0.29, 0.717) is 5.75 Å². The summed E-state index contributed by atoms with van der Waals surface area (Å²) in [7, 11) is 0. The van der Waals surface area contributed by atoms with Crippen molar-refractivity contribution in [3.63, 3.8) is 0 Å². The molecule has 0 saturated heterocycles. The van der Waals surface area contributed by atoms with Crippen molar-refractivity contribution in [2.75, 3.05) is 0 Å². The summed E-state index contributed by atoms with van der Waals surface area (Å²) in [4.78, 5) is 0. The predicted molar refractivity (Wildman–Crippen MR) is 62.1 cm³/mol. The van der Waals surface area contributed by atoms with E-state index in [1.54, 1.807) is 6.07 Å². The van der Waals surface area contributed by atoms with Gasteiger partial charge in [0.1, 0.15) is 5.75 Å². The second-order valence-corrected chi connectivity index (χ2v) is 2.88. The van der Waals surface area contributed by atoms with Crippen LogP contribution >= 0.6 is 0 Å². The van der Waals surface area contributed by atoms with Crippen LogP contribution in [0.2, 0.25) is 0 Å². The summed E-state index contributed by atoms with van der Waals surface area (Å²) >= 11 is 0. The molecule has 14 heavy (non-hydrogen) atoms. The number of phenolic OH excluding ortho intramolecular Hbond substituents is 1. The van der Waals surface area contributed by atoms with Crippen molar-refractivity contribution in [2.45, 2.75) is 0 Å². The summed E-state index contributed by atoms with van der Waals surface area (Å²) in [6.45, 7) is 0. The van der Waals surface area contributed by atoms with Gasteiger partial charge < -0.3 is 5.11 Å². The minimum atomic E-state index is 0. The molecule has 0 aromatic heterocycles. The summed E-state index contributed by atoms with van der Waals surface area (Å²) in [6.07, 6.45) is 0. The third-order valence-electron chi connectivity index (χ3n) is 1.99. The molecule has 2 aromatic carbocycles. The molecule has 0 atom stereocenters. The van der Waals surface area contributed by atoms with Gasteiger partial charge >= 0.3 is 27.3 Å². The molecule has 0 fully saturated rings. The minimum absolute atomic E-state index is 0. The van der Waals surface area contributed by atoms with E-state index < -0.39 is 0 Å². The Hall–Kier alpha value is -0.838. The van der Waals surface area contributed by atoms with E-state index in [-0.39, 0.29) is 27.3 Å². The van der Waals surface area contributed by atoms with E-state index in [2.05, 4.69) is 0 Å². The van der Waals surface area contributed by atoms with Crippen molar-refractivity contribution in [3.8, 4) is 16.9 Å². The second kappa shape index (κ2) is 5.14. The molecule has 0 spiro atoms. The van der Waals surface area contributed by atoms with Crippen LogP contribution in [0.25, 0.3) is 11.1 Å². The average molecular weight is 379 g/mol. The third-order valence-corrected chi connectivity index (χ3v) is 1.99. The number of hydrogen-bond donors (Lipinski definition) is 1. The van der Waals surface area contributed by atoms with Crippen LogP contribution in [-0.2, 0) is 0 Å². The maximum absolute atomic E-state index is 9.56. The molecule has 1 nitrogen and oxygen atoms in total. The molecular weight excluding hydrogens is 367 g/mol. The maximum atomic E-state index is 9.56. The molecule has 0 aliphatic carbocycles. The summed E-state index contributed by atoms with van der Waals surface area (Å²) in [5.74, 6) is 0.328. The zero-order valence-electron chi connectivity index (χ0n) is 7.85. The van der Waals surface area contributed by atoms with Gasteiger partial charge in [0, 0.05) is 5.56 Å². The van der Waals surface area contributed by atoms with Gasteiger partial charge in [0.2, 0.25) is 0 Å². The predicted octanol–water partition coefficient (Wildman–Crippen LogP) is 2.14. The first-order valence-electron chi connectivity index (χ1n) is 4.21. The third kappa shape index (κ3) is 2.35. The molecule has 1 N–H and O–H groups in total. The molecule has 0 aliphatic heterocycles. The molecule has 0 heterocycles. The van der Waals surface area contributed by atoms with Crippen LogP contribution in [0.4, 0.5) is 0 Å². The van der Waals surface area contributed by atoms with Gasteiger partial charge in [-0.1, -0.05) is 48.5 Å². The van der Waals surface area contributed by atoms with E-state index in [0.717, 1.165) is 11.1 Å². The van der Waals surface area contributed by atoms with Gasteiger partial charge in [-0.3, -0.25) is 0 Å². The molecule has 2 radical (unpaired) electrons. The van der Waals surface area contributed by atoms with Crippen molar-refractivity contribution in [1.82, 2.24) is 0 Å². The fraction of sp³-hybridized carbons (Fsp3) is 0. The van der Waals surface area contributed by atoms with Crippen LogP contribution in [0.3, 0.4) is 0 Å². The van der Waals surface area contributed by atoms with Crippen LogP contribution in [-0.4, -0.2) is 32.4 Å². The fourth-order valence-corrected chi connectivity index (χ4v) is 1.34. The van der Waals surface area contributed by atoms with Crippen LogP contribution < -0.4 is 0 Å². The van der Waals surface area contributed by atoms with Crippen molar-refractivity contribution in [2.24, 2.45) is 0 Å². The van der Waals surface area contributed by atoms with Gasteiger partial charge in [-0.05, 0) is 11.6 Å². The normalized spacial score (nSPS) is 9.14.